The number of aromatic nitrogens is 1. The maximum absolute atomic E-state index is 11.2. The summed E-state index contributed by atoms with van der Waals surface area (Å²) in [5.74, 6) is 0.131. The van der Waals surface area contributed by atoms with Gasteiger partial charge in [-0.1, -0.05) is 0 Å². The van der Waals surface area contributed by atoms with Crippen molar-refractivity contribution in [1.29, 1.82) is 0 Å². The Morgan fingerprint density at radius 1 is 1.37 bits per heavy atom. The molecule has 0 saturated carbocycles. The Morgan fingerprint density at radius 3 is 2.58 bits per heavy atom. The minimum atomic E-state index is -3.25. The molecule has 0 bridgehead atoms. The molecule has 1 heterocycles. The molecule has 0 aliphatic rings. The normalized spacial score (nSPS) is 12.6. The van der Waals surface area contributed by atoms with Gasteiger partial charge in [-0.15, -0.1) is 0 Å². The number of nitrogens with zero attached hydrogens (tertiary/aromatic N) is 1. The van der Waals surface area contributed by atoms with Crippen molar-refractivity contribution in [3.8, 4) is 5.75 Å². The summed E-state index contributed by atoms with van der Waals surface area (Å²) in [4.78, 5) is 4.22. The first-order valence-electron chi connectivity index (χ1n) is 5.94. The van der Waals surface area contributed by atoms with Crippen LogP contribution in [0.1, 0.15) is 25.2 Å². The third kappa shape index (κ3) is 6.00. The maximum atomic E-state index is 11.2. The van der Waals surface area contributed by atoms with Gasteiger partial charge in [0.05, 0.1) is 11.9 Å². The molecule has 3 N–H and O–H groups in total. The highest BCUT2D eigenvalue weighted by atomic mass is 32.2. The van der Waals surface area contributed by atoms with Gasteiger partial charge in [-0.2, -0.15) is 0 Å². The van der Waals surface area contributed by atoms with Crippen LogP contribution in [0.3, 0.4) is 0 Å². The summed E-state index contributed by atoms with van der Waals surface area (Å²) in [6, 6.07) is 3.33. The fourth-order valence-corrected chi connectivity index (χ4v) is 2.84. The SMILES string of the molecule is Cc1ccc(O)c(CNCC(C)(C)NS(C)(=O)=O)n1. The number of nitrogens with one attached hydrogen (secondary N) is 2. The number of hydrogen-bond donors (Lipinski definition) is 3. The second-order valence-electron chi connectivity index (χ2n) is 5.28. The van der Waals surface area contributed by atoms with Crippen molar-refractivity contribution in [2.45, 2.75) is 32.9 Å². The predicted octanol–water partition coefficient (Wildman–Crippen LogP) is 0.513. The third-order valence-corrected chi connectivity index (χ3v) is 3.33. The van der Waals surface area contributed by atoms with Crippen molar-refractivity contribution < 1.29 is 13.5 Å². The number of hydrogen-bond acceptors (Lipinski definition) is 5. The Morgan fingerprint density at radius 2 is 2.00 bits per heavy atom. The van der Waals surface area contributed by atoms with Gasteiger partial charge in [0, 0.05) is 24.3 Å². The Hall–Kier alpha value is -1.18. The second kappa shape index (κ2) is 5.85. The van der Waals surface area contributed by atoms with E-state index in [1.54, 1.807) is 26.0 Å². The van der Waals surface area contributed by atoms with Crippen LogP contribution in [0.4, 0.5) is 0 Å². The molecule has 0 atom stereocenters. The van der Waals surface area contributed by atoms with Gasteiger partial charge in [0.2, 0.25) is 10.0 Å². The Labute approximate surface area is 114 Å². The fraction of sp³-hybridized carbons (Fsp3) is 0.583. The van der Waals surface area contributed by atoms with Gasteiger partial charge < -0.3 is 10.4 Å². The van der Waals surface area contributed by atoms with Crippen molar-refractivity contribution in [3.05, 3.63) is 23.5 Å². The van der Waals surface area contributed by atoms with Crippen LogP contribution in [0, 0.1) is 6.92 Å². The molecular formula is C12H21N3O3S. The topological polar surface area (TPSA) is 91.3 Å². The van der Waals surface area contributed by atoms with Crippen molar-refractivity contribution in [3.63, 3.8) is 0 Å². The maximum Gasteiger partial charge on any atom is 0.209 e. The lowest BCUT2D eigenvalue weighted by Crippen LogP contribution is -2.49. The molecule has 0 aliphatic carbocycles. The molecule has 1 aromatic heterocycles. The number of sulfonamides is 1. The highest BCUT2D eigenvalue weighted by molar-refractivity contribution is 7.88. The largest absolute Gasteiger partial charge is 0.506 e. The van der Waals surface area contributed by atoms with Crippen LogP contribution in [0.25, 0.3) is 0 Å². The van der Waals surface area contributed by atoms with E-state index in [2.05, 4.69) is 15.0 Å². The molecule has 0 fully saturated rings. The van der Waals surface area contributed by atoms with E-state index in [1.165, 1.54) is 0 Å². The van der Waals surface area contributed by atoms with Crippen molar-refractivity contribution in [2.24, 2.45) is 0 Å². The van der Waals surface area contributed by atoms with Crippen molar-refractivity contribution in [2.75, 3.05) is 12.8 Å². The van der Waals surface area contributed by atoms with Gasteiger partial charge in [-0.25, -0.2) is 13.1 Å². The molecule has 108 valence electrons. The summed E-state index contributed by atoms with van der Waals surface area (Å²) < 4.78 is 24.9. The van der Waals surface area contributed by atoms with Crippen LogP contribution in [0.2, 0.25) is 0 Å². The molecule has 0 aromatic carbocycles. The lowest BCUT2D eigenvalue weighted by atomic mass is 10.1. The highest BCUT2D eigenvalue weighted by Gasteiger charge is 2.21. The van der Waals surface area contributed by atoms with Crippen LogP contribution in [-0.2, 0) is 16.6 Å². The molecule has 7 heteroatoms. The summed E-state index contributed by atoms with van der Waals surface area (Å²) in [6.45, 7) is 6.21. The van der Waals surface area contributed by atoms with E-state index in [-0.39, 0.29) is 5.75 Å². The average Bonchev–Trinajstić information content (AvgIpc) is 2.19. The minimum Gasteiger partial charge on any atom is -0.506 e. The quantitative estimate of drug-likeness (QED) is 0.709. The smallest absolute Gasteiger partial charge is 0.209 e. The lowest BCUT2D eigenvalue weighted by Gasteiger charge is -2.25. The lowest BCUT2D eigenvalue weighted by molar-refractivity contribution is 0.412. The van der Waals surface area contributed by atoms with Gasteiger partial charge in [0.25, 0.3) is 0 Å². The number of aromatic hydroxyl groups is 1. The summed E-state index contributed by atoms with van der Waals surface area (Å²) >= 11 is 0. The predicted molar refractivity (Wildman–Crippen MR) is 74.4 cm³/mol. The Bertz CT molecular complexity index is 541. The van der Waals surface area contributed by atoms with Crippen molar-refractivity contribution in [1.82, 2.24) is 15.0 Å². The number of rotatable bonds is 6. The molecular weight excluding hydrogens is 266 g/mol. The Kier molecular flexibility index (Phi) is 4.89. The Balaban J connectivity index is 2.56. The van der Waals surface area contributed by atoms with Crippen LogP contribution in [-0.4, -0.2) is 36.8 Å². The van der Waals surface area contributed by atoms with E-state index in [0.717, 1.165) is 11.9 Å². The van der Waals surface area contributed by atoms with Gasteiger partial charge in [-0.05, 0) is 32.9 Å². The molecule has 0 unspecified atom stereocenters. The molecule has 1 aromatic rings. The molecule has 0 aliphatic heterocycles. The van der Waals surface area contributed by atoms with Crippen LogP contribution in [0.5, 0.6) is 5.75 Å². The van der Waals surface area contributed by atoms with E-state index in [0.29, 0.717) is 18.8 Å². The van der Waals surface area contributed by atoms with E-state index < -0.39 is 15.6 Å². The highest BCUT2D eigenvalue weighted by Crippen LogP contribution is 2.14. The number of aryl methyl sites for hydroxylation is 1. The average molecular weight is 287 g/mol. The monoisotopic (exact) mass is 287 g/mol. The van der Waals surface area contributed by atoms with Crippen LogP contribution < -0.4 is 10.0 Å². The first-order valence-corrected chi connectivity index (χ1v) is 7.83. The molecule has 0 saturated heterocycles. The second-order valence-corrected chi connectivity index (χ2v) is 7.03. The zero-order valence-electron chi connectivity index (χ0n) is 11.7. The summed E-state index contributed by atoms with van der Waals surface area (Å²) in [6.07, 6.45) is 1.13. The van der Waals surface area contributed by atoms with E-state index >= 15 is 0 Å². The van der Waals surface area contributed by atoms with Gasteiger partial charge in [0.15, 0.2) is 0 Å². The standard InChI is InChI=1S/C12H21N3O3S/c1-9-5-6-11(16)10(14-9)7-13-8-12(2,3)15-19(4,17)18/h5-6,13,15-16H,7-8H2,1-4H3. The van der Waals surface area contributed by atoms with Gasteiger partial charge >= 0.3 is 0 Å². The van der Waals surface area contributed by atoms with E-state index in [9.17, 15) is 13.5 Å². The summed E-state index contributed by atoms with van der Waals surface area (Å²) in [7, 11) is -3.25. The molecule has 0 amide bonds. The molecule has 0 spiro atoms. The summed E-state index contributed by atoms with van der Waals surface area (Å²) in [5, 5.41) is 12.7. The van der Waals surface area contributed by atoms with Gasteiger partial charge in [-0.3, -0.25) is 4.98 Å². The number of pyridine rings is 1. The third-order valence-electron chi connectivity index (χ3n) is 2.41. The fourth-order valence-electron chi connectivity index (χ4n) is 1.76. The van der Waals surface area contributed by atoms with Gasteiger partial charge in [0.1, 0.15) is 5.75 Å². The van der Waals surface area contributed by atoms with E-state index in [4.69, 9.17) is 0 Å². The first kappa shape index (κ1) is 15.9. The summed E-state index contributed by atoms with van der Waals surface area (Å²) in [5.41, 5.74) is 0.769. The molecule has 6 nitrogen and oxygen atoms in total. The van der Waals surface area contributed by atoms with Crippen molar-refractivity contribution >= 4 is 10.0 Å². The van der Waals surface area contributed by atoms with Crippen LogP contribution in [0.15, 0.2) is 12.1 Å². The molecule has 19 heavy (non-hydrogen) atoms. The molecule has 0 radical (unpaired) electrons. The minimum absolute atomic E-state index is 0.131. The zero-order chi connectivity index (χ0) is 14.7. The zero-order valence-corrected chi connectivity index (χ0v) is 12.5. The van der Waals surface area contributed by atoms with E-state index in [1.807, 2.05) is 6.92 Å². The first-order chi connectivity index (χ1) is 8.59. The van der Waals surface area contributed by atoms with Crippen LogP contribution >= 0.6 is 0 Å². The molecule has 1 rings (SSSR count).